The molecule has 1 aromatic rings. The minimum atomic E-state index is -1.66. The summed E-state index contributed by atoms with van der Waals surface area (Å²) in [7, 11) is -1.66. The highest BCUT2D eigenvalue weighted by Crippen LogP contribution is 2.53. The van der Waals surface area contributed by atoms with Crippen molar-refractivity contribution >= 4 is 20.4 Å². The number of carbonyl (C=O) groups is 1. The fraction of sp³-hybridized carbons (Fsp3) is 0.708. The molecule has 2 bridgehead atoms. The van der Waals surface area contributed by atoms with E-state index >= 15 is 0 Å². The Bertz CT molecular complexity index is 1180. The van der Waals surface area contributed by atoms with E-state index in [9.17, 15) is 14.4 Å². The minimum absolute atomic E-state index is 0.0736. The standard InChI is InChI=1S/C24H38N7O6P/c1-8-24-13-26-22(27-17(7)32)28-18(21(36-24)30-12-16(6)20(33)29-23(30)34)19(24)37-38(35-11-9-10-25)31(14(2)3)15(4)5/h12,14-15,18-19,21H,8-9,11,13H2,1-7H3,(H,29,33,34)(H2,26,27,28,32)/t18-,19?,21+,24-,38?/m0/s1. The van der Waals surface area contributed by atoms with Crippen molar-refractivity contribution in [3.05, 3.63) is 32.6 Å². The number of carbonyl (C=O) groups excluding carboxylic acids is 1. The van der Waals surface area contributed by atoms with Crippen molar-refractivity contribution in [2.24, 2.45) is 4.99 Å². The molecule has 210 valence electrons. The van der Waals surface area contributed by atoms with Gasteiger partial charge in [-0.3, -0.25) is 24.5 Å². The Kier molecular flexibility index (Phi) is 9.84. The molecule has 0 aliphatic carbocycles. The van der Waals surface area contributed by atoms with E-state index in [-0.39, 0.29) is 43.5 Å². The number of hydrogen-bond acceptors (Lipinski definition) is 10. The number of nitrogens with one attached hydrogen (secondary N) is 3. The van der Waals surface area contributed by atoms with Gasteiger partial charge in [-0.2, -0.15) is 5.26 Å². The maximum Gasteiger partial charge on any atom is 0.330 e. The molecule has 1 amide bonds. The lowest BCUT2D eigenvalue weighted by Gasteiger charge is -2.40. The van der Waals surface area contributed by atoms with Crippen LogP contribution in [-0.4, -0.2) is 69.1 Å². The van der Waals surface area contributed by atoms with E-state index in [4.69, 9.17) is 19.0 Å². The highest BCUT2D eigenvalue weighted by molar-refractivity contribution is 7.44. The second-order valence-corrected chi connectivity index (χ2v) is 11.4. The van der Waals surface area contributed by atoms with Gasteiger partial charge >= 0.3 is 5.69 Å². The fourth-order valence-corrected chi connectivity index (χ4v) is 6.57. The van der Waals surface area contributed by atoms with Crippen LogP contribution in [-0.2, 0) is 18.6 Å². The molecule has 0 spiro atoms. The van der Waals surface area contributed by atoms with Crippen molar-refractivity contribution in [2.45, 2.75) is 97.4 Å². The van der Waals surface area contributed by atoms with Gasteiger partial charge in [-0.25, -0.2) is 14.5 Å². The largest absolute Gasteiger partial charge is 0.346 e. The topological polar surface area (TPSA) is 163 Å². The molecular formula is C24H38N7O6P. The van der Waals surface area contributed by atoms with Crippen LogP contribution in [0.15, 0.2) is 20.8 Å². The summed E-state index contributed by atoms with van der Waals surface area (Å²) in [5, 5.41) is 15.0. The van der Waals surface area contributed by atoms with Crippen LogP contribution in [0.3, 0.4) is 0 Å². The lowest BCUT2D eigenvalue weighted by atomic mass is 9.91. The highest BCUT2D eigenvalue weighted by atomic mass is 31.2. The Morgan fingerprint density at radius 3 is 2.66 bits per heavy atom. The summed E-state index contributed by atoms with van der Waals surface area (Å²) in [6, 6.07) is 1.56. The van der Waals surface area contributed by atoms with Crippen molar-refractivity contribution in [2.75, 3.05) is 13.2 Å². The molecule has 0 saturated carbocycles. The Morgan fingerprint density at radius 2 is 2.08 bits per heavy atom. The quantitative estimate of drug-likeness (QED) is 0.290. The second kappa shape index (κ2) is 12.5. The number of nitrogens with zero attached hydrogens (tertiary/aromatic N) is 4. The van der Waals surface area contributed by atoms with Crippen LogP contribution >= 0.6 is 8.53 Å². The van der Waals surface area contributed by atoms with E-state index in [0.29, 0.717) is 12.0 Å². The molecule has 2 aliphatic rings. The number of H-pyrrole nitrogens is 1. The maximum absolute atomic E-state index is 12.9. The van der Waals surface area contributed by atoms with Gasteiger partial charge in [0.25, 0.3) is 14.1 Å². The third-order valence-corrected chi connectivity index (χ3v) is 8.61. The van der Waals surface area contributed by atoms with Crippen LogP contribution in [0.25, 0.3) is 0 Å². The second-order valence-electron chi connectivity index (χ2n) is 9.99. The van der Waals surface area contributed by atoms with E-state index in [1.54, 1.807) is 6.92 Å². The van der Waals surface area contributed by atoms with E-state index in [1.807, 2.05) is 34.6 Å². The summed E-state index contributed by atoms with van der Waals surface area (Å²) in [5.41, 5.74) is -1.74. The molecule has 0 radical (unpaired) electrons. The van der Waals surface area contributed by atoms with E-state index in [2.05, 4.69) is 31.3 Å². The molecule has 3 N–H and O–H groups in total. The number of aliphatic imine (C=N–C) groups is 1. The van der Waals surface area contributed by atoms with E-state index in [0.717, 1.165) is 0 Å². The van der Waals surface area contributed by atoms with Gasteiger partial charge in [0.1, 0.15) is 17.7 Å². The lowest BCUT2D eigenvalue weighted by molar-refractivity contribution is -0.117. The molecule has 2 unspecified atom stereocenters. The number of rotatable bonds is 10. The first-order valence-corrected chi connectivity index (χ1v) is 13.9. The van der Waals surface area contributed by atoms with Crippen LogP contribution in [0.4, 0.5) is 0 Å². The summed E-state index contributed by atoms with van der Waals surface area (Å²) in [5.74, 6) is -0.0623. The number of aryl methyl sites for hydroxylation is 1. The molecule has 38 heavy (non-hydrogen) atoms. The zero-order valence-electron chi connectivity index (χ0n) is 23.0. The third kappa shape index (κ3) is 6.33. The monoisotopic (exact) mass is 551 g/mol. The Hall–Kier alpha value is -2.62. The Labute approximate surface area is 223 Å². The molecule has 13 nitrogen and oxygen atoms in total. The minimum Gasteiger partial charge on any atom is -0.346 e. The summed E-state index contributed by atoms with van der Waals surface area (Å²) < 4.78 is 23.0. The van der Waals surface area contributed by atoms with Gasteiger partial charge in [-0.1, -0.05) is 6.92 Å². The van der Waals surface area contributed by atoms with Crippen LogP contribution in [0.5, 0.6) is 0 Å². The molecule has 3 rings (SSSR count). The molecule has 14 heteroatoms. The molecule has 3 heterocycles. The van der Waals surface area contributed by atoms with Gasteiger partial charge in [-0.15, -0.1) is 0 Å². The first-order chi connectivity index (χ1) is 17.9. The van der Waals surface area contributed by atoms with Gasteiger partial charge in [0.2, 0.25) is 5.91 Å². The number of aromatic nitrogens is 2. The van der Waals surface area contributed by atoms with Crippen LogP contribution in [0, 0.1) is 18.3 Å². The fourth-order valence-electron chi connectivity index (χ4n) is 4.74. The number of nitriles is 1. The van der Waals surface area contributed by atoms with Gasteiger partial charge < -0.3 is 19.1 Å². The van der Waals surface area contributed by atoms with Gasteiger partial charge in [0, 0.05) is 30.8 Å². The summed E-state index contributed by atoms with van der Waals surface area (Å²) in [6.07, 6.45) is 0.592. The zero-order valence-corrected chi connectivity index (χ0v) is 23.9. The average molecular weight is 552 g/mol. The van der Waals surface area contributed by atoms with Gasteiger partial charge in [0.05, 0.1) is 25.6 Å². The van der Waals surface area contributed by atoms with Crippen LogP contribution in [0.2, 0.25) is 0 Å². The SMILES string of the molecule is CC[C@]12CN=C(NC(C)=O)N[C@@H](C1OP(OCCC#N)N(C(C)C)C(C)C)[C@H](n1cc(C)c(=O)[nH]c1=O)O2. The maximum atomic E-state index is 12.9. The predicted molar refractivity (Wildman–Crippen MR) is 142 cm³/mol. The smallest absolute Gasteiger partial charge is 0.330 e. The van der Waals surface area contributed by atoms with Crippen molar-refractivity contribution in [1.29, 1.82) is 5.26 Å². The average Bonchev–Trinajstić information content (AvgIpc) is 3.03. The molecule has 2 aliphatic heterocycles. The summed E-state index contributed by atoms with van der Waals surface area (Å²) in [4.78, 5) is 43.7. The van der Waals surface area contributed by atoms with Gasteiger partial charge in [-0.05, 0) is 41.0 Å². The normalized spacial score (nSPS) is 25.6. The first-order valence-electron chi connectivity index (χ1n) is 12.8. The van der Waals surface area contributed by atoms with Crippen molar-refractivity contribution < 1.29 is 18.6 Å². The van der Waals surface area contributed by atoms with Crippen LogP contribution < -0.4 is 21.9 Å². The van der Waals surface area contributed by atoms with Crippen molar-refractivity contribution in [1.82, 2.24) is 24.9 Å². The first kappa shape index (κ1) is 29.9. The summed E-state index contributed by atoms with van der Waals surface area (Å²) in [6.45, 7) is 13.4. The number of hydrogen-bond donors (Lipinski definition) is 3. The Balaban J connectivity index is 2.10. The predicted octanol–water partition coefficient (Wildman–Crippen LogP) is 1.65. The van der Waals surface area contributed by atoms with Crippen LogP contribution in [0.1, 0.15) is 66.2 Å². The number of ether oxygens (including phenoxy) is 1. The number of amides is 1. The molecular weight excluding hydrogens is 513 g/mol. The molecule has 1 fully saturated rings. The van der Waals surface area contributed by atoms with E-state index < -0.39 is 43.7 Å². The highest BCUT2D eigenvalue weighted by Gasteiger charge is 2.59. The third-order valence-electron chi connectivity index (χ3n) is 6.49. The number of guanidine groups is 1. The van der Waals surface area contributed by atoms with Crippen molar-refractivity contribution in [3.8, 4) is 6.07 Å². The molecule has 0 aromatic carbocycles. The van der Waals surface area contributed by atoms with Gasteiger partial charge in [0.15, 0.2) is 12.2 Å². The summed E-state index contributed by atoms with van der Waals surface area (Å²) >= 11 is 0. The number of aromatic amines is 1. The zero-order chi connectivity index (χ0) is 28.2. The van der Waals surface area contributed by atoms with E-state index in [1.165, 1.54) is 17.7 Å². The number of fused-ring (bicyclic) bond motifs is 2. The molecule has 1 aromatic heterocycles. The lowest BCUT2D eigenvalue weighted by Crippen LogP contribution is -2.53. The molecule has 5 atom stereocenters. The van der Waals surface area contributed by atoms with Crippen molar-refractivity contribution in [3.63, 3.8) is 0 Å². The Morgan fingerprint density at radius 1 is 1.39 bits per heavy atom. The molecule has 1 saturated heterocycles.